The number of ether oxygens (including phenoxy) is 2. The molecule has 0 bridgehead atoms. The molecular weight excluding hydrogens is 378 g/mol. The molecule has 1 fully saturated rings. The maximum absolute atomic E-state index is 12.9. The molecule has 0 saturated carbocycles. The van der Waals surface area contributed by atoms with Gasteiger partial charge in [-0.05, 0) is 24.6 Å². The van der Waals surface area contributed by atoms with Crippen LogP contribution in [-0.4, -0.2) is 66.0 Å². The molecule has 0 atom stereocenters. The van der Waals surface area contributed by atoms with Crippen molar-refractivity contribution in [2.45, 2.75) is 6.92 Å². The van der Waals surface area contributed by atoms with E-state index < -0.39 is 0 Å². The zero-order chi connectivity index (χ0) is 19.8. The Morgan fingerprint density at radius 3 is 2.39 bits per heavy atom. The van der Waals surface area contributed by atoms with Gasteiger partial charge in [-0.25, -0.2) is 4.98 Å². The van der Waals surface area contributed by atoms with Crippen LogP contribution in [0.25, 0.3) is 10.2 Å². The lowest BCUT2D eigenvalue weighted by atomic mass is 10.2. The number of hydrogen-bond acceptors (Lipinski definition) is 7. The van der Waals surface area contributed by atoms with Crippen LogP contribution in [0.15, 0.2) is 18.3 Å². The highest BCUT2D eigenvalue weighted by Gasteiger charge is 2.27. The third-order valence-corrected chi connectivity index (χ3v) is 6.19. The molecule has 1 aliphatic rings. The van der Waals surface area contributed by atoms with Gasteiger partial charge in [0.05, 0.1) is 20.4 Å². The number of anilines is 1. The topological polar surface area (TPSA) is 72.7 Å². The number of piperazine rings is 1. The number of fused-ring (bicyclic) bond motifs is 1. The summed E-state index contributed by atoms with van der Waals surface area (Å²) >= 11 is 1.59. The van der Waals surface area contributed by atoms with Crippen molar-refractivity contribution in [2.24, 2.45) is 7.05 Å². The maximum Gasteiger partial charge on any atom is 0.272 e. The van der Waals surface area contributed by atoms with Crippen LogP contribution < -0.4 is 14.4 Å². The van der Waals surface area contributed by atoms with Gasteiger partial charge in [-0.15, -0.1) is 0 Å². The van der Waals surface area contributed by atoms with Crippen molar-refractivity contribution in [1.29, 1.82) is 0 Å². The SMILES string of the molecule is COc1ccc(OC)c2sc(N3CCN(C(=O)c4c(C)cnn4C)CC3)nc12. The van der Waals surface area contributed by atoms with Crippen LogP contribution in [-0.2, 0) is 7.05 Å². The van der Waals surface area contributed by atoms with Crippen LogP contribution in [0.4, 0.5) is 5.13 Å². The summed E-state index contributed by atoms with van der Waals surface area (Å²) in [5.74, 6) is 1.56. The first kappa shape index (κ1) is 18.5. The van der Waals surface area contributed by atoms with E-state index in [0.29, 0.717) is 18.8 Å². The molecule has 3 heterocycles. The number of thiazole rings is 1. The number of carbonyl (C=O) groups is 1. The van der Waals surface area contributed by atoms with Crippen molar-refractivity contribution >= 4 is 32.6 Å². The number of aryl methyl sites for hydroxylation is 2. The third kappa shape index (κ3) is 3.05. The molecule has 4 rings (SSSR count). The molecule has 0 radical (unpaired) electrons. The monoisotopic (exact) mass is 401 g/mol. The van der Waals surface area contributed by atoms with Crippen LogP contribution in [0.2, 0.25) is 0 Å². The number of benzene rings is 1. The Bertz CT molecular complexity index is 960. The number of hydrogen-bond donors (Lipinski definition) is 0. The van der Waals surface area contributed by atoms with Crippen molar-refractivity contribution in [1.82, 2.24) is 19.7 Å². The quantitative estimate of drug-likeness (QED) is 0.668. The average Bonchev–Trinajstić information content (AvgIpc) is 3.30. The van der Waals surface area contributed by atoms with Crippen molar-refractivity contribution in [3.05, 3.63) is 29.6 Å². The van der Waals surface area contributed by atoms with E-state index in [1.165, 1.54) is 0 Å². The minimum Gasteiger partial charge on any atom is -0.495 e. The summed E-state index contributed by atoms with van der Waals surface area (Å²) in [5, 5.41) is 5.10. The zero-order valence-electron chi connectivity index (χ0n) is 16.4. The van der Waals surface area contributed by atoms with Crippen LogP contribution in [0, 0.1) is 6.92 Å². The fourth-order valence-electron chi connectivity index (χ4n) is 3.51. The van der Waals surface area contributed by atoms with Gasteiger partial charge in [0.25, 0.3) is 5.91 Å². The molecule has 28 heavy (non-hydrogen) atoms. The maximum atomic E-state index is 12.9. The molecule has 0 unspecified atom stereocenters. The van der Waals surface area contributed by atoms with E-state index in [1.54, 1.807) is 43.5 Å². The third-order valence-electron chi connectivity index (χ3n) is 5.06. The summed E-state index contributed by atoms with van der Waals surface area (Å²) in [4.78, 5) is 21.7. The second-order valence-electron chi connectivity index (χ2n) is 6.72. The molecule has 1 saturated heterocycles. The molecule has 8 nitrogen and oxygen atoms in total. The van der Waals surface area contributed by atoms with Crippen molar-refractivity contribution in [3.63, 3.8) is 0 Å². The van der Waals surface area contributed by atoms with Crippen LogP contribution in [0.5, 0.6) is 11.5 Å². The summed E-state index contributed by atoms with van der Waals surface area (Å²) < 4.78 is 13.5. The van der Waals surface area contributed by atoms with Crippen molar-refractivity contribution < 1.29 is 14.3 Å². The van der Waals surface area contributed by atoms with Crippen LogP contribution in [0.3, 0.4) is 0 Å². The van der Waals surface area contributed by atoms with Gasteiger partial charge in [-0.1, -0.05) is 11.3 Å². The largest absolute Gasteiger partial charge is 0.495 e. The number of nitrogens with zero attached hydrogens (tertiary/aromatic N) is 5. The Balaban J connectivity index is 1.53. The van der Waals surface area contributed by atoms with E-state index >= 15 is 0 Å². The second kappa shape index (κ2) is 7.31. The molecule has 3 aromatic rings. The highest BCUT2D eigenvalue weighted by Crippen LogP contribution is 2.40. The summed E-state index contributed by atoms with van der Waals surface area (Å²) in [6, 6.07) is 3.77. The van der Waals surface area contributed by atoms with E-state index in [4.69, 9.17) is 14.5 Å². The van der Waals surface area contributed by atoms with Gasteiger partial charge in [0.15, 0.2) is 5.13 Å². The van der Waals surface area contributed by atoms with Gasteiger partial charge in [0.1, 0.15) is 27.4 Å². The number of rotatable bonds is 4. The first-order chi connectivity index (χ1) is 13.5. The molecule has 1 aromatic carbocycles. The minimum atomic E-state index is 0.0322. The lowest BCUT2D eigenvalue weighted by Crippen LogP contribution is -2.49. The Kier molecular flexibility index (Phi) is 4.84. The number of aromatic nitrogens is 3. The second-order valence-corrected chi connectivity index (χ2v) is 7.70. The van der Waals surface area contributed by atoms with E-state index in [0.717, 1.165) is 45.5 Å². The van der Waals surface area contributed by atoms with Crippen LogP contribution >= 0.6 is 11.3 Å². The highest BCUT2D eigenvalue weighted by atomic mass is 32.1. The molecule has 0 N–H and O–H groups in total. The highest BCUT2D eigenvalue weighted by molar-refractivity contribution is 7.22. The van der Waals surface area contributed by atoms with Gasteiger partial charge in [0.2, 0.25) is 0 Å². The molecule has 0 spiro atoms. The molecule has 2 aromatic heterocycles. The lowest BCUT2D eigenvalue weighted by molar-refractivity contribution is 0.0735. The molecule has 9 heteroatoms. The predicted octanol–water partition coefficient (Wildman–Crippen LogP) is 2.32. The van der Waals surface area contributed by atoms with Gasteiger partial charge < -0.3 is 19.3 Å². The van der Waals surface area contributed by atoms with Crippen molar-refractivity contribution in [2.75, 3.05) is 45.3 Å². The van der Waals surface area contributed by atoms with Gasteiger partial charge in [0, 0.05) is 33.2 Å². The predicted molar refractivity (Wildman–Crippen MR) is 109 cm³/mol. The number of carbonyl (C=O) groups excluding carboxylic acids is 1. The van der Waals surface area contributed by atoms with Crippen LogP contribution in [0.1, 0.15) is 16.1 Å². The summed E-state index contributed by atoms with van der Waals surface area (Å²) in [5.41, 5.74) is 2.37. The Hall–Kier alpha value is -2.81. The summed E-state index contributed by atoms with van der Waals surface area (Å²) in [6.45, 7) is 4.67. The number of methoxy groups -OCH3 is 2. The van der Waals surface area contributed by atoms with Gasteiger partial charge in [-0.3, -0.25) is 9.48 Å². The standard InChI is InChI=1S/C19H23N5O3S/c1-12-11-20-22(2)16(12)18(25)23-7-9-24(10-8-23)19-21-15-13(26-3)5-6-14(27-4)17(15)28-19/h5-6,11H,7-10H2,1-4H3. The summed E-state index contributed by atoms with van der Waals surface area (Å²) in [6.07, 6.45) is 1.73. The summed E-state index contributed by atoms with van der Waals surface area (Å²) in [7, 11) is 5.11. The fraction of sp³-hybridized carbons (Fsp3) is 0.421. The Morgan fingerprint density at radius 2 is 1.79 bits per heavy atom. The zero-order valence-corrected chi connectivity index (χ0v) is 17.2. The fourth-order valence-corrected chi connectivity index (χ4v) is 4.64. The first-order valence-electron chi connectivity index (χ1n) is 9.07. The van der Waals surface area contributed by atoms with E-state index in [1.807, 2.05) is 24.0 Å². The smallest absolute Gasteiger partial charge is 0.272 e. The molecular formula is C19H23N5O3S. The first-order valence-corrected chi connectivity index (χ1v) is 9.89. The normalized spacial score (nSPS) is 14.6. The Labute approximate surface area is 167 Å². The molecule has 148 valence electrons. The average molecular weight is 401 g/mol. The molecule has 1 aliphatic heterocycles. The van der Waals surface area contributed by atoms with Gasteiger partial charge >= 0.3 is 0 Å². The van der Waals surface area contributed by atoms with E-state index in [-0.39, 0.29) is 5.91 Å². The molecule has 0 aliphatic carbocycles. The minimum absolute atomic E-state index is 0.0322. The van der Waals surface area contributed by atoms with E-state index in [2.05, 4.69) is 10.00 Å². The number of amides is 1. The van der Waals surface area contributed by atoms with E-state index in [9.17, 15) is 4.79 Å². The molecule has 1 amide bonds. The van der Waals surface area contributed by atoms with Crippen molar-refractivity contribution in [3.8, 4) is 11.5 Å². The van der Waals surface area contributed by atoms with Gasteiger partial charge in [-0.2, -0.15) is 5.10 Å². The Morgan fingerprint density at radius 1 is 1.11 bits per heavy atom. The lowest BCUT2D eigenvalue weighted by Gasteiger charge is -2.34.